The minimum absolute atomic E-state index is 0.863. The number of piperazine rings is 1. The van der Waals surface area contributed by atoms with Crippen molar-refractivity contribution in [2.24, 2.45) is 5.10 Å². The first-order valence-electron chi connectivity index (χ1n) is 8.06. The predicted molar refractivity (Wildman–Crippen MR) is 94.1 cm³/mol. The summed E-state index contributed by atoms with van der Waals surface area (Å²) in [5.41, 5.74) is 2.47. The summed E-state index contributed by atoms with van der Waals surface area (Å²) < 4.78 is 5.31. The zero-order chi connectivity index (χ0) is 15.9. The van der Waals surface area contributed by atoms with Crippen molar-refractivity contribution in [3.8, 4) is 0 Å². The van der Waals surface area contributed by atoms with Crippen LogP contribution in [0.2, 0.25) is 0 Å². The summed E-state index contributed by atoms with van der Waals surface area (Å²) in [5, 5.41) is 6.72. The molecule has 1 fully saturated rings. The van der Waals surface area contributed by atoms with Gasteiger partial charge in [-0.15, -0.1) is 0 Å². The Labute approximate surface area is 137 Å². The molecule has 2 heterocycles. The van der Waals surface area contributed by atoms with Gasteiger partial charge in [-0.05, 0) is 36.3 Å². The summed E-state index contributed by atoms with van der Waals surface area (Å²) in [5.74, 6) is 0.863. The van der Waals surface area contributed by atoms with Crippen LogP contribution < -0.4 is 0 Å². The molecular weight excluding hydrogens is 286 g/mol. The SMILES string of the molecule is CC(C=NN1CCN(Cc2ccccc2)CC1)=Cc1ccco1. The van der Waals surface area contributed by atoms with Crippen LogP contribution in [0.5, 0.6) is 0 Å². The Kier molecular flexibility index (Phi) is 5.27. The summed E-state index contributed by atoms with van der Waals surface area (Å²) >= 11 is 0. The van der Waals surface area contributed by atoms with Crippen molar-refractivity contribution < 1.29 is 4.42 Å². The van der Waals surface area contributed by atoms with E-state index in [1.54, 1.807) is 6.26 Å². The lowest BCUT2D eigenvalue weighted by molar-refractivity contribution is 0.131. The van der Waals surface area contributed by atoms with Crippen LogP contribution in [-0.2, 0) is 6.54 Å². The number of hydrogen-bond acceptors (Lipinski definition) is 4. The maximum atomic E-state index is 5.31. The first kappa shape index (κ1) is 15.6. The van der Waals surface area contributed by atoms with Gasteiger partial charge in [0.05, 0.1) is 12.5 Å². The minimum Gasteiger partial charge on any atom is -0.465 e. The standard InChI is InChI=1S/C19H23N3O/c1-17(14-19-8-5-13-23-19)15-20-22-11-9-21(10-12-22)16-18-6-3-2-4-7-18/h2-8,13-15H,9-12,16H2,1H3. The van der Waals surface area contributed by atoms with Gasteiger partial charge in [-0.1, -0.05) is 30.3 Å². The second kappa shape index (κ2) is 7.79. The molecule has 0 aliphatic carbocycles. The normalized spacial score (nSPS) is 17.1. The summed E-state index contributed by atoms with van der Waals surface area (Å²) in [6.45, 7) is 7.10. The third kappa shape index (κ3) is 4.83. The molecule has 120 valence electrons. The van der Waals surface area contributed by atoms with Crippen LogP contribution >= 0.6 is 0 Å². The quantitative estimate of drug-likeness (QED) is 0.793. The first-order chi connectivity index (χ1) is 11.3. The van der Waals surface area contributed by atoms with Crippen molar-refractivity contribution >= 4 is 12.3 Å². The average Bonchev–Trinajstić information content (AvgIpc) is 3.08. The van der Waals surface area contributed by atoms with E-state index in [4.69, 9.17) is 4.42 Å². The Morgan fingerprint density at radius 3 is 2.57 bits per heavy atom. The van der Waals surface area contributed by atoms with E-state index in [0.717, 1.165) is 44.1 Å². The highest BCUT2D eigenvalue weighted by Gasteiger charge is 2.15. The second-order valence-electron chi connectivity index (χ2n) is 5.86. The molecule has 0 spiro atoms. The lowest BCUT2D eigenvalue weighted by atomic mass is 10.2. The lowest BCUT2D eigenvalue weighted by Gasteiger charge is -2.33. The molecule has 0 amide bonds. The van der Waals surface area contributed by atoms with Crippen molar-refractivity contribution in [3.63, 3.8) is 0 Å². The Morgan fingerprint density at radius 1 is 1.09 bits per heavy atom. The van der Waals surface area contributed by atoms with Crippen molar-refractivity contribution in [2.75, 3.05) is 26.2 Å². The van der Waals surface area contributed by atoms with Gasteiger partial charge in [-0.25, -0.2) is 0 Å². The van der Waals surface area contributed by atoms with Gasteiger partial charge in [0.2, 0.25) is 0 Å². The van der Waals surface area contributed by atoms with Crippen LogP contribution in [0.1, 0.15) is 18.2 Å². The topological polar surface area (TPSA) is 32.0 Å². The molecule has 0 N–H and O–H groups in total. The third-order valence-corrected chi connectivity index (χ3v) is 3.94. The number of furan rings is 1. The van der Waals surface area contributed by atoms with Crippen LogP contribution in [0.15, 0.2) is 63.8 Å². The van der Waals surface area contributed by atoms with Gasteiger partial charge in [0.15, 0.2) is 0 Å². The van der Waals surface area contributed by atoms with Gasteiger partial charge in [0.1, 0.15) is 5.76 Å². The fourth-order valence-electron chi connectivity index (χ4n) is 2.66. The van der Waals surface area contributed by atoms with Crippen molar-refractivity contribution in [1.82, 2.24) is 9.91 Å². The fraction of sp³-hybridized carbons (Fsp3) is 0.316. The van der Waals surface area contributed by atoms with Crippen LogP contribution in [-0.4, -0.2) is 42.3 Å². The second-order valence-corrected chi connectivity index (χ2v) is 5.86. The zero-order valence-electron chi connectivity index (χ0n) is 13.6. The molecule has 4 heteroatoms. The highest BCUT2D eigenvalue weighted by atomic mass is 16.3. The molecule has 23 heavy (non-hydrogen) atoms. The van der Waals surface area contributed by atoms with E-state index in [0.29, 0.717) is 0 Å². The van der Waals surface area contributed by atoms with Gasteiger partial charge in [0.25, 0.3) is 0 Å². The molecule has 0 saturated carbocycles. The van der Waals surface area contributed by atoms with Crippen LogP contribution in [0.3, 0.4) is 0 Å². The van der Waals surface area contributed by atoms with E-state index in [1.807, 2.05) is 31.3 Å². The van der Waals surface area contributed by atoms with Gasteiger partial charge in [-0.2, -0.15) is 5.10 Å². The molecule has 4 nitrogen and oxygen atoms in total. The van der Waals surface area contributed by atoms with Crippen LogP contribution in [0.4, 0.5) is 0 Å². The van der Waals surface area contributed by atoms with Gasteiger partial charge >= 0.3 is 0 Å². The van der Waals surface area contributed by atoms with E-state index in [9.17, 15) is 0 Å². The van der Waals surface area contributed by atoms with Gasteiger partial charge < -0.3 is 4.42 Å². The molecule has 2 aromatic rings. The molecule has 1 saturated heterocycles. The maximum absolute atomic E-state index is 5.31. The summed E-state index contributed by atoms with van der Waals surface area (Å²) in [6.07, 6.45) is 5.59. The van der Waals surface area contributed by atoms with Crippen molar-refractivity contribution in [2.45, 2.75) is 13.5 Å². The Morgan fingerprint density at radius 2 is 1.87 bits per heavy atom. The number of benzene rings is 1. The fourth-order valence-corrected chi connectivity index (χ4v) is 2.66. The van der Waals surface area contributed by atoms with Gasteiger partial charge in [-0.3, -0.25) is 9.91 Å². The highest BCUT2D eigenvalue weighted by molar-refractivity contribution is 5.83. The molecule has 3 rings (SSSR count). The van der Waals surface area contributed by atoms with Gasteiger partial charge in [0, 0.05) is 32.7 Å². The van der Waals surface area contributed by atoms with E-state index in [1.165, 1.54) is 5.56 Å². The molecule has 1 aromatic carbocycles. The van der Waals surface area contributed by atoms with E-state index in [-0.39, 0.29) is 0 Å². The monoisotopic (exact) mass is 309 g/mol. The van der Waals surface area contributed by atoms with E-state index in [2.05, 4.69) is 45.3 Å². The zero-order valence-corrected chi connectivity index (χ0v) is 13.6. The highest BCUT2D eigenvalue weighted by Crippen LogP contribution is 2.09. The molecule has 0 radical (unpaired) electrons. The first-order valence-corrected chi connectivity index (χ1v) is 8.06. The third-order valence-electron chi connectivity index (χ3n) is 3.94. The average molecular weight is 309 g/mol. The molecule has 1 aromatic heterocycles. The number of allylic oxidation sites excluding steroid dienone is 1. The number of hydrogen-bond donors (Lipinski definition) is 0. The van der Waals surface area contributed by atoms with Crippen LogP contribution in [0.25, 0.3) is 6.08 Å². The molecule has 1 aliphatic heterocycles. The minimum atomic E-state index is 0.863. The number of rotatable bonds is 5. The smallest absolute Gasteiger partial charge is 0.126 e. The number of nitrogens with zero attached hydrogens (tertiary/aromatic N) is 3. The maximum Gasteiger partial charge on any atom is 0.126 e. The number of hydrazone groups is 1. The van der Waals surface area contributed by atoms with E-state index >= 15 is 0 Å². The van der Waals surface area contributed by atoms with Crippen molar-refractivity contribution in [3.05, 3.63) is 65.6 Å². The lowest BCUT2D eigenvalue weighted by Crippen LogP contribution is -2.43. The van der Waals surface area contributed by atoms with Crippen molar-refractivity contribution in [1.29, 1.82) is 0 Å². The predicted octanol–water partition coefficient (Wildman–Crippen LogP) is 3.49. The molecule has 1 aliphatic rings. The van der Waals surface area contributed by atoms with Crippen LogP contribution in [0, 0.1) is 0 Å². The molecule has 0 bridgehead atoms. The largest absolute Gasteiger partial charge is 0.465 e. The summed E-state index contributed by atoms with van der Waals surface area (Å²) in [4.78, 5) is 2.48. The Bertz CT molecular complexity index is 639. The van der Waals surface area contributed by atoms with E-state index < -0.39 is 0 Å². The summed E-state index contributed by atoms with van der Waals surface area (Å²) in [7, 11) is 0. The summed E-state index contributed by atoms with van der Waals surface area (Å²) in [6, 6.07) is 14.5. The molecular formula is C19H23N3O. The Hall–Kier alpha value is -2.33. The Balaban J connectivity index is 1.46. The molecule has 0 atom stereocenters. The molecule has 0 unspecified atom stereocenters.